The van der Waals surface area contributed by atoms with Gasteiger partial charge in [-0.25, -0.2) is 8.78 Å². The van der Waals surface area contributed by atoms with Crippen molar-refractivity contribution in [2.45, 2.75) is 19.8 Å². The van der Waals surface area contributed by atoms with Gasteiger partial charge in [0.25, 0.3) is 5.91 Å². The summed E-state index contributed by atoms with van der Waals surface area (Å²) in [5.41, 5.74) is 10.1. The molecule has 0 aliphatic carbocycles. The van der Waals surface area contributed by atoms with Crippen LogP contribution in [0.5, 0.6) is 0 Å². The van der Waals surface area contributed by atoms with E-state index in [4.69, 9.17) is 16.2 Å². The van der Waals surface area contributed by atoms with Crippen LogP contribution >= 0.6 is 0 Å². The number of carbonyl (C=O) groups is 1. The molecule has 0 atom stereocenters. The van der Waals surface area contributed by atoms with Crippen molar-refractivity contribution in [3.05, 3.63) is 29.3 Å². The van der Waals surface area contributed by atoms with Crippen LogP contribution in [0.1, 0.15) is 30.1 Å². The molecule has 1 amide bonds. The van der Waals surface area contributed by atoms with Crippen molar-refractivity contribution in [3.63, 3.8) is 0 Å². The Kier molecular flexibility index (Phi) is 7.96. The number of hydrogen-bond acceptors (Lipinski definition) is 4. The van der Waals surface area contributed by atoms with Gasteiger partial charge in [0.05, 0.1) is 0 Å². The van der Waals surface area contributed by atoms with E-state index in [9.17, 15) is 13.6 Å². The van der Waals surface area contributed by atoms with E-state index in [1.165, 1.54) is 0 Å². The predicted molar refractivity (Wildman–Crippen MR) is 85.3 cm³/mol. The average molecular weight is 328 g/mol. The fourth-order valence-corrected chi connectivity index (χ4v) is 1.73. The van der Waals surface area contributed by atoms with Crippen LogP contribution in [0.4, 0.5) is 14.5 Å². The third-order valence-corrected chi connectivity index (χ3v) is 2.98. The molecule has 0 saturated heterocycles. The van der Waals surface area contributed by atoms with E-state index in [1.54, 1.807) is 0 Å². The number of anilines is 1. The first-order valence-electron chi connectivity index (χ1n) is 7.35. The summed E-state index contributed by atoms with van der Waals surface area (Å²) in [6.45, 7) is 3.65. The number of halogens is 2. The van der Waals surface area contributed by atoms with Gasteiger partial charge in [-0.15, -0.1) is 0 Å². The van der Waals surface area contributed by atoms with Gasteiger partial charge in [0.2, 0.25) is 0 Å². The summed E-state index contributed by atoms with van der Waals surface area (Å²) in [6.07, 6.45) is 1.38. The summed E-state index contributed by atoms with van der Waals surface area (Å²) in [6, 6.07) is 1.82. The number of nitrogen functional groups attached to an aromatic ring is 1. The summed E-state index contributed by atoms with van der Waals surface area (Å²) in [7, 11) is 0. The molecule has 0 radical (unpaired) electrons. The fraction of sp³-hybridized carbons (Fsp3) is 0.467. The van der Waals surface area contributed by atoms with Crippen LogP contribution in [0.25, 0.3) is 0 Å². The quantitative estimate of drug-likeness (QED) is 0.276. The first-order chi connectivity index (χ1) is 11.0. The third kappa shape index (κ3) is 6.60. The smallest absolute Gasteiger partial charge is 0.251 e. The zero-order valence-electron chi connectivity index (χ0n) is 13.1. The van der Waals surface area contributed by atoms with Gasteiger partial charge in [-0.2, -0.15) is 0 Å². The highest BCUT2D eigenvalue weighted by molar-refractivity contribution is 5.94. The Bertz CT molecular complexity index is 541. The van der Waals surface area contributed by atoms with Gasteiger partial charge >= 0.3 is 0 Å². The Balaban J connectivity index is 2.30. The highest BCUT2D eigenvalue weighted by Gasteiger charge is 2.12. The molecule has 0 bridgehead atoms. The molecule has 0 fully saturated rings. The van der Waals surface area contributed by atoms with E-state index in [0.717, 1.165) is 18.6 Å². The Labute approximate surface area is 133 Å². The van der Waals surface area contributed by atoms with Gasteiger partial charge < -0.3 is 21.5 Å². The molecular weight excluding hydrogens is 306 g/mol. The van der Waals surface area contributed by atoms with Crippen LogP contribution in [0.3, 0.4) is 0 Å². The zero-order chi connectivity index (χ0) is 17.2. The molecule has 0 aliphatic rings. The van der Waals surface area contributed by atoms with Crippen molar-refractivity contribution in [1.82, 2.24) is 5.32 Å². The molecule has 0 spiro atoms. The van der Waals surface area contributed by atoms with Crippen LogP contribution in [0.15, 0.2) is 17.1 Å². The second-order valence-corrected chi connectivity index (χ2v) is 4.83. The normalized spacial score (nSPS) is 11.5. The van der Waals surface area contributed by atoms with Crippen molar-refractivity contribution >= 4 is 17.4 Å². The van der Waals surface area contributed by atoms with Crippen molar-refractivity contribution in [1.29, 1.82) is 0 Å². The second kappa shape index (κ2) is 9.73. The number of ether oxygens (including phenoxy) is 1. The van der Waals surface area contributed by atoms with Gasteiger partial charge in [0.15, 0.2) is 0 Å². The largest absolute Gasteiger partial charge is 0.394 e. The molecule has 8 heteroatoms. The number of aliphatic imine (C=N–C) groups is 1. The van der Waals surface area contributed by atoms with E-state index >= 15 is 0 Å². The minimum atomic E-state index is -0.950. The molecule has 0 aromatic heterocycles. The number of benzene rings is 1. The average Bonchev–Trinajstić information content (AvgIpc) is 2.53. The summed E-state index contributed by atoms with van der Waals surface area (Å²) >= 11 is 0. The maximum atomic E-state index is 13.3. The molecule has 1 aromatic carbocycles. The van der Waals surface area contributed by atoms with Crippen LogP contribution < -0.4 is 16.8 Å². The number of rotatable bonds is 9. The fourth-order valence-electron chi connectivity index (χ4n) is 1.73. The molecule has 0 saturated carbocycles. The van der Waals surface area contributed by atoms with Crippen molar-refractivity contribution < 1.29 is 18.3 Å². The second-order valence-electron chi connectivity index (χ2n) is 4.83. The summed E-state index contributed by atoms with van der Waals surface area (Å²) in [4.78, 5) is 15.9. The Morgan fingerprint density at radius 3 is 2.57 bits per heavy atom. The number of amides is 1. The van der Waals surface area contributed by atoms with Gasteiger partial charge in [0, 0.05) is 25.3 Å². The molecule has 0 heterocycles. The van der Waals surface area contributed by atoms with E-state index < -0.39 is 23.2 Å². The highest BCUT2D eigenvalue weighted by Crippen LogP contribution is 2.17. The molecule has 5 N–H and O–H groups in total. The van der Waals surface area contributed by atoms with E-state index in [2.05, 4.69) is 10.3 Å². The predicted octanol–water partition coefficient (Wildman–Crippen LogP) is 1.45. The molecule has 1 aromatic rings. The molecule has 128 valence electrons. The van der Waals surface area contributed by atoms with Gasteiger partial charge in [-0.1, -0.05) is 0 Å². The lowest BCUT2D eigenvalue weighted by Crippen LogP contribution is -2.25. The van der Waals surface area contributed by atoms with E-state index in [1.807, 2.05) is 6.92 Å². The van der Waals surface area contributed by atoms with Crippen molar-refractivity contribution in [2.24, 2.45) is 10.7 Å². The molecular formula is C15H22F2N4O2. The molecule has 0 aliphatic heterocycles. The number of nitrogens with two attached hydrogens (primary N) is 2. The SMILES string of the molecule is CCOCC(N)=NCCCCNC(=O)c1cc(F)c(N)c(F)c1. The van der Waals surface area contributed by atoms with Crippen LogP contribution in [-0.2, 0) is 4.74 Å². The Morgan fingerprint density at radius 1 is 1.30 bits per heavy atom. The van der Waals surface area contributed by atoms with Crippen molar-refractivity contribution in [2.75, 3.05) is 32.0 Å². The molecule has 6 nitrogen and oxygen atoms in total. The Morgan fingerprint density at radius 2 is 1.96 bits per heavy atom. The van der Waals surface area contributed by atoms with Crippen LogP contribution in [0, 0.1) is 11.6 Å². The maximum Gasteiger partial charge on any atom is 0.251 e. The molecule has 1 rings (SSSR count). The number of hydrogen-bond donors (Lipinski definition) is 3. The first kappa shape index (κ1) is 18.8. The van der Waals surface area contributed by atoms with Gasteiger partial charge in [0.1, 0.15) is 29.8 Å². The first-order valence-corrected chi connectivity index (χ1v) is 7.35. The van der Waals surface area contributed by atoms with Gasteiger partial charge in [-0.05, 0) is 31.9 Å². The standard InChI is InChI=1S/C15H22F2N4O2/c1-2-23-9-13(18)20-5-3-4-6-21-15(22)10-7-11(16)14(19)12(17)8-10/h7-8H,2-6,9,19H2,1H3,(H2,18,20)(H,21,22). The minimum absolute atomic E-state index is 0.104. The lowest BCUT2D eigenvalue weighted by molar-refractivity contribution is 0.0952. The highest BCUT2D eigenvalue weighted by atomic mass is 19.1. The van der Waals surface area contributed by atoms with Gasteiger partial charge in [-0.3, -0.25) is 9.79 Å². The summed E-state index contributed by atoms with van der Waals surface area (Å²) in [5.74, 6) is -2.02. The van der Waals surface area contributed by atoms with Crippen LogP contribution in [-0.4, -0.2) is 38.0 Å². The van der Waals surface area contributed by atoms with E-state index in [0.29, 0.717) is 38.6 Å². The lowest BCUT2D eigenvalue weighted by atomic mass is 10.1. The Hall–Kier alpha value is -2.22. The molecule has 0 unspecified atom stereocenters. The number of amidine groups is 1. The lowest BCUT2D eigenvalue weighted by Gasteiger charge is -2.06. The van der Waals surface area contributed by atoms with E-state index in [-0.39, 0.29) is 5.56 Å². The molecule has 23 heavy (non-hydrogen) atoms. The summed E-state index contributed by atoms with van der Waals surface area (Å²) < 4.78 is 31.6. The minimum Gasteiger partial charge on any atom is -0.394 e. The monoisotopic (exact) mass is 328 g/mol. The maximum absolute atomic E-state index is 13.3. The zero-order valence-corrected chi connectivity index (χ0v) is 13.1. The number of nitrogens with zero attached hydrogens (tertiary/aromatic N) is 1. The van der Waals surface area contributed by atoms with Crippen molar-refractivity contribution in [3.8, 4) is 0 Å². The van der Waals surface area contributed by atoms with Crippen LogP contribution in [0.2, 0.25) is 0 Å². The third-order valence-electron chi connectivity index (χ3n) is 2.98. The number of nitrogens with one attached hydrogen (secondary N) is 1. The summed E-state index contributed by atoms with van der Waals surface area (Å²) in [5, 5.41) is 2.58. The topological polar surface area (TPSA) is 103 Å². The number of carbonyl (C=O) groups excluding carboxylic acids is 1. The number of unbranched alkanes of at least 4 members (excludes halogenated alkanes) is 1.